The van der Waals surface area contributed by atoms with Crippen LogP contribution >= 0.6 is 0 Å². The fourth-order valence-electron chi connectivity index (χ4n) is 1.31. The lowest BCUT2D eigenvalue weighted by Crippen LogP contribution is -2.10. The molecule has 0 fully saturated rings. The average molecular weight is 276 g/mol. The molecule has 0 spiro atoms. The van der Waals surface area contributed by atoms with Crippen molar-refractivity contribution in [3.63, 3.8) is 0 Å². The predicted octanol–water partition coefficient (Wildman–Crippen LogP) is 3.00. The maximum Gasteiger partial charge on any atom is 0.150 e. The van der Waals surface area contributed by atoms with Gasteiger partial charge >= 0.3 is 0 Å². The molecule has 0 heterocycles. The quantitative estimate of drug-likeness (QED) is 0.285. The molecule has 1 rings (SSSR count). The summed E-state index contributed by atoms with van der Waals surface area (Å²) in [6.45, 7) is 11.1. The number of hydrogen-bond acceptors (Lipinski definition) is 4. The molecule has 0 saturated carbocycles. The predicted molar refractivity (Wildman–Crippen MR) is 78.0 cm³/mol. The Labute approximate surface area is 119 Å². The Balaban J connectivity index is 2.05. The van der Waals surface area contributed by atoms with Gasteiger partial charge in [-0.3, -0.25) is 4.79 Å². The fraction of sp³-hybridized carbons (Fsp3) is 0.312. The van der Waals surface area contributed by atoms with Crippen LogP contribution in [0.1, 0.15) is 17.3 Å². The maximum atomic E-state index is 10.5. The van der Waals surface area contributed by atoms with E-state index in [0.29, 0.717) is 43.5 Å². The van der Waals surface area contributed by atoms with Crippen molar-refractivity contribution < 1.29 is 19.0 Å². The zero-order chi connectivity index (χ0) is 14.8. The summed E-state index contributed by atoms with van der Waals surface area (Å²) in [6.07, 6.45) is 0.797. The number of carbonyl (C=O) groups excluding carboxylic acids is 1. The lowest BCUT2D eigenvalue weighted by molar-refractivity contribution is 0.0602. The van der Waals surface area contributed by atoms with E-state index in [2.05, 4.69) is 13.2 Å². The van der Waals surface area contributed by atoms with E-state index in [-0.39, 0.29) is 0 Å². The summed E-state index contributed by atoms with van der Waals surface area (Å²) in [4.78, 5) is 10.5. The Kier molecular flexibility index (Phi) is 7.14. The molecule has 0 aromatic heterocycles. The maximum absolute atomic E-state index is 10.5. The van der Waals surface area contributed by atoms with Crippen molar-refractivity contribution in [3.05, 3.63) is 54.3 Å². The molecule has 20 heavy (non-hydrogen) atoms. The van der Waals surface area contributed by atoms with E-state index in [4.69, 9.17) is 14.2 Å². The number of ether oxygens (including phenoxy) is 3. The topological polar surface area (TPSA) is 44.8 Å². The average Bonchev–Trinajstić information content (AvgIpc) is 2.46. The number of allylic oxidation sites excluding steroid dienone is 1. The Morgan fingerprint density at radius 1 is 1.10 bits per heavy atom. The molecule has 0 aliphatic rings. The third-order valence-corrected chi connectivity index (χ3v) is 2.49. The van der Waals surface area contributed by atoms with Crippen molar-refractivity contribution >= 4 is 6.29 Å². The first-order chi connectivity index (χ1) is 9.63. The Bertz CT molecular complexity index is 448. The van der Waals surface area contributed by atoms with Gasteiger partial charge in [-0.15, -0.1) is 0 Å². The summed E-state index contributed by atoms with van der Waals surface area (Å²) in [5, 5.41) is 0. The van der Waals surface area contributed by atoms with Gasteiger partial charge in [0.1, 0.15) is 31.0 Å². The van der Waals surface area contributed by atoms with E-state index in [0.717, 1.165) is 11.9 Å². The monoisotopic (exact) mass is 276 g/mol. The molecule has 4 heteroatoms. The van der Waals surface area contributed by atoms with Gasteiger partial charge in [0, 0.05) is 5.56 Å². The molecule has 4 nitrogen and oxygen atoms in total. The molecule has 0 N–H and O–H groups in total. The fourth-order valence-corrected chi connectivity index (χ4v) is 1.31. The van der Waals surface area contributed by atoms with Crippen LogP contribution in [0.5, 0.6) is 5.75 Å². The largest absolute Gasteiger partial charge is 0.492 e. The standard InChI is InChI=1S/C16H20O4/c1-13(2)14(3)19-10-8-18-9-11-20-16-6-4-15(12-17)5-7-16/h4-7,12H,1,3,8-11H2,2H3. The molecule has 0 amide bonds. The van der Waals surface area contributed by atoms with Gasteiger partial charge in [0.25, 0.3) is 0 Å². The zero-order valence-electron chi connectivity index (χ0n) is 11.8. The summed E-state index contributed by atoms with van der Waals surface area (Å²) in [7, 11) is 0. The van der Waals surface area contributed by atoms with Gasteiger partial charge in [-0.2, -0.15) is 0 Å². The highest BCUT2D eigenvalue weighted by atomic mass is 16.5. The van der Waals surface area contributed by atoms with Gasteiger partial charge in [-0.1, -0.05) is 13.2 Å². The molecule has 0 aliphatic carbocycles. The molecule has 0 aliphatic heterocycles. The highest BCUT2D eigenvalue weighted by molar-refractivity contribution is 5.74. The highest BCUT2D eigenvalue weighted by Crippen LogP contribution is 2.10. The second kappa shape index (κ2) is 8.93. The minimum absolute atomic E-state index is 0.444. The van der Waals surface area contributed by atoms with Gasteiger partial charge in [0.2, 0.25) is 0 Å². The summed E-state index contributed by atoms with van der Waals surface area (Å²) in [5.41, 5.74) is 1.44. The molecule has 0 saturated heterocycles. The summed E-state index contributed by atoms with van der Waals surface area (Å²) < 4.78 is 16.1. The minimum atomic E-state index is 0.444. The number of benzene rings is 1. The first kappa shape index (κ1) is 16.0. The smallest absolute Gasteiger partial charge is 0.150 e. The van der Waals surface area contributed by atoms with Crippen LogP contribution in [-0.4, -0.2) is 32.7 Å². The summed E-state index contributed by atoms with van der Waals surface area (Å²) in [5.74, 6) is 1.30. The van der Waals surface area contributed by atoms with E-state index >= 15 is 0 Å². The first-order valence-electron chi connectivity index (χ1n) is 6.37. The lowest BCUT2D eigenvalue weighted by Gasteiger charge is -2.10. The molecule has 1 aromatic rings. The Morgan fingerprint density at radius 3 is 2.35 bits per heavy atom. The van der Waals surface area contributed by atoms with Crippen molar-refractivity contribution in [2.75, 3.05) is 26.4 Å². The number of aldehydes is 1. The van der Waals surface area contributed by atoms with Crippen molar-refractivity contribution in [1.29, 1.82) is 0 Å². The number of hydrogen-bond donors (Lipinski definition) is 0. The number of carbonyl (C=O) groups is 1. The van der Waals surface area contributed by atoms with E-state index in [9.17, 15) is 4.79 Å². The molecule has 0 radical (unpaired) electrons. The first-order valence-corrected chi connectivity index (χ1v) is 6.37. The second-order valence-corrected chi connectivity index (χ2v) is 4.20. The Hall–Kier alpha value is -2.07. The van der Waals surface area contributed by atoms with Crippen LogP contribution in [0.3, 0.4) is 0 Å². The minimum Gasteiger partial charge on any atom is -0.492 e. The van der Waals surface area contributed by atoms with Gasteiger partial charge in [0.15, 0.2) is 0 Å². The van der Waals surface area contributed by atoms with Crippen LogP contribution in [0.25, 0.3) is 0 Å². The van der Waals surface area contributed by atoms with Crippen LogP contribution in [0.15, 0.2) is 48.8 Å². The van der Waals surface area contributed by atoms with Crippen LogP contribution in [-0.2, 0) is 9.47 Å². The molecular formula is C16H20O4. The normalized spacial score (nSPS) is 9.85. The van der Waals surface area contributed by atoms with Crippen LogP contribution < -0.4 is 4.74 Å². The summed E-state index contributed by atoms with van der Waals surface area (Å²) >= 11 is 0. The van der Waals surface area contributed by atoms with Crippen molar-refractivity contribution in [1.82, 2.24) is 0 Å². The van der Waals surface area contributed by atoms with Crippen molar-refractivity contribution in [3.8, 4) is 5.75 Å². The summed E-state index contributed by atoms with van der Waals surface area (Å²) in [6, 6.07) is 6.92. The van der Waals surface area contributed by atoms with Gasteiger partial charge in [-0.25, -0.2) is 0 Å². The van der Waals surface area contributed by atoms with Crippen molar-refractivity contribution in [2.45, 2.75) is 6.92 Å². The van der Waals surface area contributed by atoms with Crippen molar-refractivity contribution in [2.24, 2.45) is 0 Å². The van der Waals surface area contributed by atoms with Gasteiger partial charge < -0.3 is 14.2 Å². The molecule has 108 valence electrons. The van der Waals surface area contributed by atoms with Gasteiger partial charge in [-0.05, 0) is 36.8 Å². The number of rotatable bonds is 10. The molecule has 1 aromatic carbocycles. The van der Waals surface area contributed by atoms with Crippen LogP contribution in [0, 0.1) is 0 Å². The van der Waals surface area contributed by atoms with Crippen LogP contribution in [0.2, 0.25) is 0 Å². The van der Waals surface area contributed by atoms with E-state index in [1.54, 1.807) is 24.3 Å². The third-order valence-electron chi connectivity index (χ3n) is 2.49. The SMILES string of the molecule is C=C(C)C(=C)OCCOCCOc1ccc(C=O)cc1. The van der Waals surface area contributed by atoms with Crippen LogP contribution in [0.4, 0.5) is 0 Å². The molecule has 0 bridgehead atoms. The molecule has 0 atom stereocenters. The Morgan fingerprint density at radius 2 is 1.75 bits per heavy atom. The lowest BCUT2D eigenvalue weighted by atomic mass is 10.2. The van der Waals surface area contributed by atoms with Gasteiger partial charge in [0.05, 0.1) is 13.2 Å². The second-order valence-electron chi connectivity index (χ2n) is 4.20. The highest BCUT2D eigenvalue weighted by Gasteiger charge is 1.97. The molecular weight excluding hydrogens is 256 g/mol. The molecule has 0 unspecified atom stereocenters. The van der Waals surface area contributed by atoms with E-state index < -0.39 is 0 Å². The zero-order valence-corrected chi connectivity index (χ0v) is 11.8. The van der Waals surface area contributed by atoms with E-state index in [1.807, 2.05) is 6.92 Å². The third kappa shape index (κ3) is 6.20. The van der Waals surface area contributed by atoms with E-state index in [1.165, 1.54) is 0 Å².